The average molecular weight is 320 g/mol. The molecule has 1 aliphatic heterocycles. The number of piperidine rings is 1. The minimum atomic E-state index is -3.33. The highest BCUT2D eigenvalue weighted by Gasteiger charge is 2.36. The molecule has 2 N–H and O–H groups in total. The summed E-state index contributed by atoms with van der Waals surface area (Å²) >= 11 is 0. The Labute approximate surface area is 125 Å². The Morgan fingerprint density at radius 1 is 1.33 bits per heavy atom. The maximum absolute atomic E-state index is 12.2. The van der Waals surface area contributed by atoms with Gasteiger partial charge in [-0.15, -0.1) is 0 Å². The first-order valence-electron chi connectivity index (χ1n) is 6.91. The summed E-state index contributed by atoms with van der Waals surface area (Å²) in [6, 6.07) is -1.00. The number of nitrogens with zero attached hydrogens (tertiary/aromatic N) is 1. The van der Waals surface area contributed by atoms with Gasteiger partial charge in [-0.05, 0) is 18.3 Å². The first kappa shape index (κ1) is 17.9. The Morgan fingerprint density at radius 2 is 1.90 bits per heavy atom. The molecular formula is C13H24N2O5S. The molecule has 1 heterocycles. The lowest BCUT2D eigenvalue weighted by atomic mass is 9.86. The Hall–Kier alpha value is -1.15. The van der Waals surface area contributed by atoms with Crippen LogP contribution in [0.2, 0.25) is 0 Å². The smallest absolute Gasteiger partial charge is 0.326 e. The second-order valence-electron chi connectivity index (χ2n) is 6.61. The summed E-state index contributed by atoms with van der Waals surface area (Å²) in [4.78, 5) is 23.5. The molecule has 0 aromatic carbocycles. The summed E-state index contributed by atoms with van der Waals surface area (Å²) in [6.07, 6.45) is 2.27. The van der Waals surface area contributed by atoms with Gasteiger partial charge in [-0.25, -0.2) is 17.5 Å². The molecule has 7 nitrogen and oxygen atoms in total. The van der Waals surface area contributed by atoms with Crippen molar-refractivity contribution in [1.82, 2.24) is 9.62 Å². The third-order valence-corrected chi connectivity index (χ3v) is 4.89. The first-order chi connectivity index (χ1) is 9.43. The van der Waals surface area contributed by atoms with E-state index in [1.165, 1.54) is 4.31 Å². The fourth-order valence-corrected chi connectivity index (χ4v) is 3.28. The van der Waals surface area contributed by atoms with Crippen molar-refractivity contribution >= 4 is 21.9 Å². The number of sulfonamides is 1. The van der Waals surface area contributed by atoms with Gasteiger partial charge in [-0.2, -0.15) is 0 Å². The Bertz CT molecular complexity index is 509. The lowest BCUT2D eigenvalue weighted by Crippen LogP contribution is -2.53. The number of amides is 1. The highest BCUT2D eigenvalue weighted by molar-refractivity contribution is 7.88. The highest BCUT2D eigenvalue weighted by atomic mass is 32.2. The van der Waals surface area contributed by atoms with Crippen molar-refractivity contribution in [2.45, 2.75) is 39.7 Å². The molecule has 0 bridgehead atoms. The minimum absolute atomic E-state index is 0.112. The van der Waals surface area contributed by atoms with E-state index in [0.717, 1.165) is 6.26 Å². The molecule has 1 amide bonds. The van der Waals surface area contributed by atoms with Crippen LogP contribution < -0.4 is 5.32 Å². The van der Waals surface area contributed by atoms with Gasteiger partial charge in [0.1, 0.15) is 6.04 Å². The number of hydrogen-bond donors (Lipinski definition) is 2. The van der Waals surface area contributed by atoms with Crippen molar-refractivity contribution in [2.24, 2.45) is 11.3 Å². The predicted octanol–water partition coefficient (Wildman–Crippen LogP) is 0.274. The summed E-state index contributed by atoms with van der Waals surface area (Å²) in [5.41, 5.74) is -0.618. The fourth-order valence-electron chi connectivity index (χ4n) is 2.37. The third kappa shape index (κ3) is 4.96. The molecule has 0 aromatic heterocycles. The van der Waals surface area contributed by atoms with E-state index in [9.17, 15) is 23.1 Å². The molecule has 0 saturated carbocycles. The summed E-state index contributed by atoms with van der Waals surface area (Å²) in [5.74, 6) is -1.99. The Balaban J connectivity index is 2.77. The van der Waals surface area contributed by atoms with Gasteiger partial charge in [0.25, 0.3) is 0 Å². The van der Waals surface area contributed by atoms with Crippen molar-refractivity contribution in [3.63, 3.8) is 0 Å². The van der Waals surface area contributed by atoms with Crippen LogP contribution in [0, 0.1) is 11.3 Å². The molecule has 1 saturated heterocycles. The van der Waals surface area contributed by atoms with E-state index in [2.05, 4.69) is 5.32 Å². The number of hydrogen-bond acceptors (Lipinski definition) is 4. The zero-order valence-corrected chi connectivity index (χ0v) is 13.7. The average Bonchev–Trinajstić information content (AvgIpc) is 2.33. The van der Waals surface area contributed by atoms with Crippen LogP contribution in [-0.4, -0.2) is 55.1 Å². The molecule has 8 heteroatoms. The third-order valence-electron chi connectivity index (χ3n) is 3.62. The van der Waals surface area contributed by atoms with Gasteiger partial charge in [0.15, 0.2) is 0 Å². The van der Waals surface area contributed by atoms with Crippen LogP contribution in [0.5, 0.6) is 0 Å². The van der Waals surface area contributed by atoms with Crippen LogP contribution in [-0.2, 0) is 19.6 Å². The molecule has 0 aliphatic carbocycles. The van der Waals surface area contributed by atoms with E-state index in [1.807, 2.05) is 0 Å². The van der Waals surface area contributed by atoms with Gasteiger partial charge in [-0.1, -0.05) is 20.8 Å². The zero-order valence-electron chi connectivity index (χ0n) is 12.9. The highest BCUT2D eigenvalue weighted by Crippen LogP contribution is 2.22. The molecule has 2 atom stereocenters. The topological polar surface area (TPSA) is 104 Å². The van der Waals surface area contributed by atoms with Crippen LogP contribution >= 0.6 is 0 Å². The number of carboxylic acid groups (broad SMARTS) is 1. The van der Waals surface area contributed by atoms with Crippen LogP contribution in [0.25, 0.3) is 0 Å². The maximum Gasteiger partial charge on any atom is 0.326 e. The van der Waals surface area contributed by atoms with Crippen molar-refractivity contribution in [3.8, 4) is 0 Å². The van der Waals surface area contributed by atoms with E-state index < -0.39 is 39.3 Å². The van der Waals surface area contributed by atoms with Crippen LogP contribution in [0.1, 0.15) is 33.6 Å². The second-order valence-corrected chi connectivity index (χ2v) is 8.59. The zero-order chi connectivity index (χ0) is 16.4. The van der Waals surface area contributed by atoms with Crippen molar-refractivity contribution in [1.29, 1.82) is 0 Å². The quantitative estimate of drug-likeness (QED) is 0.774. The van der Waals surface area contributed by atoms with Gasteiger partial charge in [-0.3, -0.25) is 4.79 Å². The van der Waals surface area contributed by atoms with E-state index >= 15 is 0 Å². The van der Waals surface area contributed by atoms with Gasteiger partial charge in [0, 0.05) is 13.1 Å². The second kappa shape index (κ2) is 6.31. The monoisotopic (exact) mass is 320 g/mol. The summed E-state index contributed by atoms with van der Waals surface area (Å²) < 4.78 is 24.4. The molecule has 122 valence electrons. The number of rotatable bonds is 4. The standard InChI is InChI=1S/C13H24N2O5S/c1-13(2,3)10(12(17)18)14-11(16)9-6-5-7-15(8-9)21(4,19)20/h9-10H,5-8H2,1-4H3,(H,14,16)(H,17,18)/t9?,10-/m1/s1. The van der Waals surface area contributed by atoms with E-state index in [1.54, 1.807) is 20.8 Å². The molecule has 0 spiro atoms. The molecule has 1 fully saturated rings. The van der Waals surface area contributed by atoms with Crippen molar-refractivity contribution in [2.75, 3.05) is 19.3 Å². The number of carbonyl (C=O) groups is 2. The van der Waals surface area contributed by atoms with Gasteiger partial charge < -0.3 is 10.4 Å². The molecule has 1 aliphatic rings. The number of carbonyl (C=O) groups excluding carboxylic acids is 1. The Kier molecular flexibility index (Phi) is 5.38. The minimum Gasteiger partial charge on any atom is -0.480 e. The lowest BCUT2D eigenvalue weighted by molar-refractivity contribution is -0.145. The predicted molar refractivity (Wildman–Crippen MR) is 78.2 cm³/mol. The van der Waals surface area contributed by atoms with Crippen LogP contribution in [0.4, 0.5) is 0 Å². The molecule has 0 aromatic rings. The molecular weight excluding hydrogens is 296 g/mol. The first-order valence-corrected chi connectivity index (χ1v) is 8.76. The summed E-state index contributed by atoms with van der Waals surface area (Å²) in [6.45, 7) is 5.71. The summed E-state index contributed by atoms with van der Waals surface area (Å²) in [7, 11) is -3.33. The molecule has 1 rings (SSSR count). The van der Waals surface area contributed by atoms with Gasteiger partial charge in [0.05, 0.1) is 12.2 Å². The Morgan fingerprint density at radius 3 is 2.33 bits per heavy atom. The SMILES string of the molecule is CC(C)(C)[C@H](NC(=O)C1CCCN(S(C)(=O)=O)C1)C(=O)O. The van der Waals surface area contributed by atoms with E-state index in [4.69, 9.17) is 0 Å². The molecule has 0 radical (unpaired) electrons. The number of carboxylic acids is 1. The normalized spacial score (nSPS) is 22.6. The van der Waals surface area contributed by atoms with Gasteiger partial charge >= 0.3 is 5.97 Å². The lowest BCUT2D eigenvalue weighted by Gasteiger charge is -2.33. The maximum atomic E-state index is 12.2. The fraction of sp³-hybridized carbons (Fsp3) is 0.846. The van der Waals surface area contributed by atoms with E-state index in [0.29, 0.717) is 19.4 Å². The van der Waals surface area contributed by atoms with Crippen molar-refractivity contribution < 1.29 is 23.1 Å². The number of aliphatic carboxylic acids is 1. The van der Waals surface area contributed by atoms with E-state index in [-0.39, 0.29) is 6.54 Å². The summed E-state index contributed by atoms with van der Waals surface area (Å²) in [5, 5.41) is 11.8. The largest absolute Gasteiger partial charge is 0.480 e. The number of nitrogens with one attached hydrogen (secondary N) is 1. The molecule has 1 unspecified atom stereocenters. The van der Waals surface area contributed by atoms with Crippen LogP contribution in [0.3, 0.4) is 0 Å². The van der Waals surface area contributed by atoms with Gasteiger partial charge in [0.2, 0.25) is 15.9 Å². The molecule has 21 heavy (non-hydrogen) atoms. The van der Waals surface area contributed by atoms with Crippen molar-refractivity contribution in [3.05, 3.63) is 0 Å². The van der Waals surface area contributed by atoms with Crippen LogP contribution in [0.15, 0.2) is 0 Å².